The second kappa shape index (κ2) is 4.01. The van der Waals surface area contributed by atoms with Gasteiger partial charge in [0.15, 0.2) is 0 Å². The van der Waals surface area contributed by atoms with Crippen molar-refractivity contribution >= 4 is 5.78 Å². The maximum absolute atomic E-state index is 10.8. The third-order valence-electron chi connectivity index (χ3n) is 2.26. The lowest BCUT2D eigenvalue weighted by Gasteiger charge is -2.31. The SMILES string of the molecule is CC(=O)C[C@H]1CO[C@H](C)C[C@@H]1O. The average molecular weight is 172 g/mol. The van der Waals surface area contributed by atoms with Gasteiger partial charge >= 0.3 is 0 Å². The number of hydrogen-bond acceptors (Lipinski definition) is 3. The lowest BCUT2D eigenvalue weighted by atomic mass is 9.91. The maximum Gasteiger partial charge on any atom is 0.130 e. The van der Waals surface area contributed by atoms with Gasteiger partial charge in [-0.3, -0.25) is 0 Å². The molecule has 0 spiro atoms. The minimum absolute atomic E-state index is 0.0127. The van der Waals surface area contributed by atoms with Crippen molar-refractivity contribution in [3.63, 3.8) is 0 Å². The monoisotopic (exact) mass is 172 g/mol. The Balaban J connectivity index is 2.39. The molecular formula is C9H16O3. The number of aliphatic hydroxyl groups excluding tert-OH is 1. The highest BCUT2D eigenvalue weighted by Crippen LogP contribution is 2.22. The molecule has 0 aromatic heterocycles. The van der Waals surface area contributed by atoms with Gasteiger partial charge < -0.3 is 14.6 Å². The normalized spacial score (nSPS) is 36.4. The summed E-state index contributed by atoms with van der Waals surface area (Å²) in [5, 5.41) is 9.56. The van der Waals surface area contributed by atoms with Crippen LogP contribution in [0.4, 0.5) is 0 Å². The van der Waals surface area contributed by atoms with Gasteiger partial charge in [0.25, 0.3) is 0 Å². The predicted octanol–water partition coefficient (Wildman–Crippen LogP) is 0.751. The van der Waals surface area contributed by atoms with Gasteiger partial charge in [0.2, 0.25) is 0 Å². The minimum Gasteiger partial charge on any atom is -0.393 e. The van der Waals surface area contributed by atoms with E-state index in [1.165, 1.54) is 0 Å². The Hall–Kier alpha value is -0.410. The van der Waals surface area contributed by atoms with Gasteiger partial charge in [-0.05, 0) is 20.3 Å². The first-order chi connectivity index (χ1) is 5.59. The fourth-order valence-electron chi connectivity index (χ4n) is 1.56. The first-order valence-corrected chi connectivity index (χ1v) is 4.38. The van der Waals surface area contributed by atoms with E-state index in [-0.39, 0.29) is 23.9 Å². The summed E-state index contributed by atoms with van der Waals surface area (Å²) in [6.07, 6.45) is 0.854. The van der Waals surface area contributed by atoms with E-state index in [1.807, 2.05) is 6.92 Å². The van der Waals surface area contributed by atoms with E-state index in [4.69, 9.17) is 4.74 Å². The first-order valence-electron chi connectivity index (χ1n) is 4.38. The van der Waals surface area contributed by atoms with Gasteiger partial charge in [-0.25, -0.2) is 0 Å². The Kier molecular flexibility index (Phi) is 3.23. The van der Waals surface area contributed by atoms with E-state index in [9.17, 15) is 9.90 Å². The van der Waals surface area contributed by atoms with E-state index in [1.54, 1.807) is 6.92 Å². The Morgan fingerprint density at radius 3 is 2.83 bits per heavy atom. The second-order valence-corrected chi connectivity index (χ2v) is 3.61. The van der Waals surface area contributed by atoms with Gasteiger partial charge in [0, 0.05) is 12.3 Å². The van der Waals surface area contributed by atoms with E-state index in [2.05, 4.69) is 0 Å². The number of ketones is 1. The molecule has 1 saturated heterocycles. The molecule has 1 fully saturated rings. The summed E-state index contributed by atoms with van der Waals surface area (Å²) in [4.78, 5) is 10.8. The molecule has 3 atom stereocenters. The largest absolute Gasteiger partial charge is 0.393 e. The molecule has 1 aliphatic rings. The Morgan fingerprint density at radius 2 is 2.33 bits per heavy atom. The number of hydrogen-bond donors (Lipinski definition) is 1. The highest BCUT2D eigenvalue weighted by molar-refractivity contribution is 5.75. The van der Waals surface area contributed by atoms with Crippen molar-refractivity contribution in [2.45, 2.75) is 38.9 Å². The summed E-state index contributed by atoms with van der Waals surface area (Å²) in [5.74, 6) is 0.135. The standard InChI is InChI=1S/C9H16O3/c1-6(10)3-8-5-12-7(2)4-9(8)11/h7-9,11H,3-5H2,1-2H3/t7-,8+,9+/m1/s1. The average Bonchev–Trinajstić information content (AvgIpc) is 1.94. The zero-order valence-electron chi connectivity index (χ0n) is 7.62. The number of ether oxygens (including phenoxy) is 1. The third kappa shape index (κ3) is 2.57. The molecule has 1 N–H and O–H groups in total. The van der Waals surface area contributed by atoms with Crippen molar-refractivity contribution in [1.29, 1.82) is 0 Å². The van der Waals surface area contributed by atoms with Crippen molar-refractivity contribution in [2.24, 2.45) is 5.92 Å². The first kappa shape index (κ1) is 9.68. The molecule has 3 heteroatoms. The van der Waals surface area contributed by atoms with Crippen molar-refractivity contribution < 1.29 is 14.6 Å². The fourth-order valence-corrected chi connectivity index (χ4v) is 1.56. The van der Waals surface area contributed by atoms with Crippen LogP contribution in [0, 0.1) is 5.92 Å². The van der Waals surface area contributed by atoms with Crippen LogP contribution in [0.1, 0.15) is 26.7 Å². The van der Waals surface area contributed by atoms with Gasteiger partial charge in [-0.15, -0.1) is 0 Å². The zero-order valence-corrected chi connectivity index (χ0v) is 7.62. The van der Waals surface area contributed by atoms with Crippen LogP contribution >= 0.6 is 0 Å². The zero-order chi connectivity index (χ0) is 9.14. The molecule has 12 heavy (non-hydrogen) atoms. The molecule has 1 rings (SSSR count). The van der Waals surface area contributed by atoms with Crippen LogP contribution in [-0.2, 0) is 9.53 Å². The number of carbonyl (C=O) groups is 1. The lowest BCUT2D eigenvalue weighted by Crippen LogP contribution is -2.36. The molecule has 1 aliphatic heterocycles. The van der Waals surface area contributed by atoms with Gasteiger partial charge in [-0.1, -0.05) is 0 Å². The van der Waals surface area contributed by atoms with Crippen LogP contribution in [0.25, 0.3) is 0 Å². The fraction of sp³-hybridized carbons (Fsp3) is 0.889. The number of carbonyl (C=O) groups excluding carboxylic acids is 1. The molecule has 0 radical (unpaired) electrons. The number of rotatable bonds is 2. The maximum atomic E-state index is 10.8. The molecule has 1 heterocycles. The van der Waals surface area contributed by atoms with Gasteiger partial charge in [-0.2, -0.15) is 0 Å². The van der Waals surface area contributed by atoms with E-state index in [0.29, 0.717) is 19.4 Å². The molecule has 70 valence electrons. The third-order valence-corrected chi connectivity index (χ3v) is 2.26. The second-order valence-electron chi connectivity index (χ2n) is 3.61. The lowest BCUT2D eigenvalue weighted by molar-refractivity contribution is -0.124. The smallest absolute Gasteiger partial charge is 0.130 e. The van der Waals surface area contributed by atoms with Crippen LogP contribution < -0.4 is 0 Å². The Bertz CT molecular complexity index is 167. The summed E-state index contributed by atoms with van der Waals surface area (Å²) in [5.41, 5.74) is 0. The Morgan fingerprint density at radius 1 is 1.67 bits per heavy atom. The van der Waals surface area contributed by atoms with Crippen LogP contribution in [0.3, 0.4) is 0 Å². The summed E-state index contributed by atoms with van der Waals surface area (Å²) < 4.78 is 5.35. The quantitative estimate of drug-likeness (QED) is 0.668. The number of aliphatic hydroxyl groups is 1. The van der Waals surface area contributed by atoms with Crippen LogP contribution in [0.5, 0.6) is 0 Å². The van der Waals surface area contributed by atoms with Crippen LogP contribution in [0.2, 0.25) is 0 Å². The van der Waals surface area contributed by atoms with Crippen LogP contribution in [0.15, 0.2) is 0 Å². The van der Waals surface area contributed by atoms with Crippen LogP contribution in [-0.4, -0.2) is 29.7 Å². The molecule has 0 amide bonds. The van der Waals surface area contributed by atoms with E-state index < -0.39 is 0 Å². The van der Waals surface area contributed by atoms with Crippen molar-refractivity contribution in [3.8, 4) is 0 Å². The molecular weight excluding hydrogens is 156 g/mol. The number of Topliss-reactive ketones (excluding diaryl/α,β-unsaturated/α-hetero) is 1. The van der Waals surface area contributed by atoms with E-state index in [0.717, 1.165) is 0 Å². The van der Waals surface area contributed by atoms with Gasteiger partial charge in [0.05, 0.1) is 18.8 Å². The highest BCUT2D eigenvalue weighted by Gasteiger charge is 2.28. The summed E-state index contributed by atoms with van der Waals surface area (Å²) in [6.45, 7) is 4.00. The summed E-state index contributed by atoms with van der Waals surface area (Å²) in [7, 11) is 0. The molecule has 0 aromatic carbocycles. The summed E-state index contributed by atoms with van der Waals surface area (Å²) >= 11 is 0. The molecule has 0 saturated carbocycles. The van der Waals surface area contributed by atoms with Gasteiger partial charge in [0.1, 0.15) is 5.78 Å². The van der Waals surface area contributed by atoms with Crippen molar-refractivity contribution in [3.05, 3.63) is 0 Å². The highest BCUT2D eigenvalue weighted by atomic mass is 16.5. The minimum atomic E-state index is -0.363. The molecule has 0 aliphatic carbocycles. The molecule has 3 nitrogen and oxygen atoms in total. The van der Waals surface area contributed by atoms with Crippen molar-refractivity contribution in [1.82, 2.24) is 0 Å². The predicted molar refractivity (Wildman–Crippen MR) is 44.8 cm³/mol. The molecule has 0 bridgehead atoms. The van der Waals surface area contributed by atoms with E-state index >= 15 is 0 Å². The molecule has 0 unspecified atom stereocenters. The van der Waals surface area contributed by atoms with Crippen molar-refractivity contribution in [2.75, 3.05) is 6.61 Å². The Labute approximate surface area is 72.7 Å². The molecule has 0 aromatic rings. The summed E-state index contributed by atoms with van der Waals surface area (Å²) in [6, 6.07) is 0. The topological polar surface area (TPSA) is 46.5 Å².